The number of ether oxygens (including phenoxy) is 2. The van der Waals surface area contributed by atoms with E-state index in [1.165, 1.54) is 18.2 Å². The minimum absolute atomic E-state index is 0.0334. The van der Waals surface area contributed by atoms with Crippen LogP contribution in [0.25, 0.3) is 32.8 Å². The maximum atomic E-state index is 16.9. The second kappa shape index (κ2) is 18.1. The molecule has 320 valence electrons. The zero-order valence-electron chi connectivity index (χ0n) is 33.4. The van der Waals surface area contributed by atoms with Gasteiger partial charge in [-0.3, -0.25) is 34.2 Å². The smallest absolute Gasteiger partial charge is 0.262 e. The maximum Gasteiger partial charge on any atom is 0.262 e. The number of phenols is 1. The lowest BCUT2D eigenvalue weighted by atomic mass is 9.96. The summed E-state index contributed by atoms with van der Waals surface area (Å²) in [6.45, 7) is 7.09. The van der Waals surface area contributed by atoms with E-state index in [2.05, 4.69) is 27.5 Å². The Morgan fingerprint density at radius 1 is 0.887 bits per heavy atom. The molecule has 62 heavy (non-hydrogen) atoms. The molecular formula is C44H42ClFN8O8. The first kappa shape index (κ1) is 42.0. The Morgan fingerprint density at radius 2 is 1.61 bits per heavy atom. The van der Waals surface area contributed by atoms with Crippen LogP contribution in [0.4, 0.5) is 21.8 Å². The molecule has 0 bridgehead atoms. The molecule has 4 aromatic carbocycles. The quantitative estimate of drug-likeness (QED) is 0.0641. The Balaban J connectivity index is 0.868. The molecule has 1 atom stereocenters. The Morgan fingerprint density at radius 3 is 2.35 bits per heavy atom. The van der Waals surface area contributed by atoms with Crippen molar-refractivity contribution in [2.24, 2.45) is 0 Å². The zero-order chi connectivity index (χ0) is 43.5. The fourth-order valence-corrected chi connectivity index (χ4v) is 8.22. The van der Waals surface area contributed by atoms with Crippen molar-refractivity contribution >= 4 is 80.3 Å². The van der Waals surface area contributed by atoms with Gasteiger partial charge >= 0.3 is 0 Å². The lowest BCUT2D eigenvalue weighted by Gasteiger charge is -2.35. The summed E-state index contributed by atoms with van der Waals surface area (Å²) in [4.78, 5) is 76.2. The number of halogens is 2. The number of aromatic nitrogens is 2. The highest BCUT2D eigenvalue weighted by molar-refractivity contribution is 6.35. The number of carbonyl (C=O) groups excluding carboxylic acids is 5. The molecule has 5 amide bonds. The van der Waals surface area contributed by atoms with E-state index >= 15 is 4.39 Å². The van der Waals surface area contributed by atoms with E-state index in [1.54, 1.807) is 29.2 Å². The lowest BCUT2D eigenvalue weighted by molar-refractivity contribution is -0.136. The van der Waals surface area contributed by atoms with Crippen molar-refractivity contribution in [2.75, 3.05) is 81.2 Å². The molecule has 3 aliphatic heterocycles. The molecule has 4 heterocycles. The van der Waals surface area contributed by atoms with Crippen molar-refractivity contribution in [3.8, 4) is 16.9 Å². The molecule has 0 spiro atoms. The van der Waals surface area contributed by atoms with Gasteiger partial charge in [0.2, 0.25) is 23.7 Å². The number of nitrogens with one attached hydrogen (secondary N) is 3. The SMILES string of the molecule is C=CC(=O)N1CCN(c2nc(NCCOCCOCCNc3ccc4c(c3)C(=O)N(C3CCC(=O)NC3=O)C4=O)nc3c(F)c(-c4cc(O)cc5ccccc45)c(Cl)cc23)CC1. The van der Waals surface area contributed by atoms with Gasteiger partial charge in [-0.05, 0) is 65.2 Å². The number of benzene rings is 4. The summed E-state index contributed by atoms with van der Waals surface area (Å²) >= 11 is 6.85. The number of hydrogen-bond donors (Lipinski definition) is 4. The molecule has 0 radical (unpaired) electrons. The molecule has 1 aromatic heterocycles. The van der Waals surface area contributed by atoms with Crippen molar-refractivity contribution in [3.63, 3.8) is 0 Å². The Hall–Kier alpha value is -6.69. The summed E-state index contributed by atoms with van der Waals surface area (Å²) in [6.07, 6.45) is 1.41. The number of hydrogen-bond acceptors (Lipinski definition) is 13. The van der Waals surface area contributed by atoms with E-state index in [4.69, 9.17) is 26.1 Å². The van der Waals surface area contributed by atoms with E-state index in [1.807, 2.05) is 29.2 Å². The zero-order valence-corrected chi connectivity index (χ0v) is 34.2. The highest BCUT2D eigenvalue weighted by atomic mass is 35.5. The van der Waals surface area contributed by atoms with Crippen molar-refractivity contribution in [1.82, 2.24) is 25.1 Å². The molecule has 3 aliphatic rings. The standard InChI is InChI=1S/C44H42ClFN8O8/c1-2-36(57)52-13-15-53(16-14-52)40-32-24-33(45)37(30-23-27(55)21-25-5-3-4-6-28(25)30)38(46)39(32)50-44(51-40)48-12-18-62-20-19-61-17-11-47-26-7-8-29-31(22-26)43(60)54(42(29)59)34-9-10-35(56)49-41(34)58/h2-8,21-24,34,47,55H,1,9-20H2,(H,48,50,51)(H,49,56,58). The van der Waals surface area contributed by atoms with Crippen LogP contribution in [-0.4, -0.2) is 126 Å². The van der Waals surface area contributed by atoms with Crippen LogP contribution in [-0.2, 0) is 23.9 Å². The first-order valence-corrected chi connectivity index (χ1v) is 20.5. The van der Waals surface area contributed by atoms with Gasteiger partial charge < -0.3 is 35.0 Å². The topological polar surface area (TPSA) is 196 Å². The van der Waals surface area contributed by atoms with Gasteiger partial charge in [-0.15, -0.1) is 0 Å². The fourth-order valence-electron chi connectivity index (χ4n) is 7.92. The van der Waals surface area contributed by atoms with Crippen LogP contribution in [0.3, 0.4) is 0 Å². The highest BCUT2D eigenvalue weighted by Crippen LogP contribution is 2.42. The summed E-state index contributed by atoms with van der Waals surface area (Å²) in [5.74, 6) is -2.51. The molecule has 18 heteroatoms. The number of piperidine rings is 1. The van der Waals surface area contributed by atoms with E-state index in [0.29, 0.717) is 72.6 Å². The van der Waals surface area contributed by atoms with Gasteiger partial charge in [0.05, 0.1) is 42.6 Å². The Kier molecular flexibility index (Phi) is 12.3. The normalized spacial score (nSPS) is 16.5. The number of imide groups is 2. The monoisotopic (exact) mass is 864 g/mol. The first-order valence-electron chi connectivity index (χ1n) is 20.1. The van der Waals surface area contributed by atoms with E-state index in [-0.39, 0.29) is 84.0 Å². The van der Waals surface area contributed by atoms with E-state index < -0.39 is 35.5 Å². The third-order valence-corrected chi connectivity index (χ3v) is 11.3. The molecule has 4 N–H and O–H groups in total. The van der Waals surface area contributed by atoms with Crippen LogP contribution in [0.15, 0.2) is 73.3 Å². The van der Waals surface area contributed by atoms with Crippen LogP contribution >= 0.6 is 11.6 Å². The van der Waals surface area contributed by atoms with Crippen LogP contribution in [0.1, 0.15) is 33.6 Å². The highest BCUT2D eigenvalue weighted by Gasteiger charge is 2.44. The third-order valence-electron chi connectivity index (χ3n) is 11.0. The molecular weight excluding hydrogens is 823 g/mol. The predicted molar refractivity (Wildman–Crippen MR) is 230 cm³/mol. The maximum absolute atomic E-state index is 16.9. The van der Waals surface area contributed by atoms with E-state index in [0.717, 1.165) is 4.90 Å². The van der Waals surface area contributed by atoms with E-state index in [9.17, 15) is 29.1 Å². The van der Waals surface area contributed by atoms with Gasteiger partial charge in [-0.25, -0.2) is 9.37 Å². The van der Waals surface area contributed by atoms with Crippen LogP contribution in [0.5, 0.6) is 5.75 Å². The van der Waals surface area contributed by atoms with Gasteiger partial charge in [0, 0.05) is 62.3 Å². The minimum atomic E-state index is -1.03. The summed E-state index contributed by atoms with van der Waals surface area (Å²) in [7, 11) is 0. The molecule has 1 unspecified atom stereocenters. The van der Waals surface area contributed by atoms with Crippen molar-refractivity contribution in [1.29, 1.82) is 0 Å². The molecule has 16 nitrogen and oxygen atoms in total. The summed E-state index contributed by atoms with van der Waals surface area (Å²) in [5, 5.41) is 21.0. The number of carbonyl (C=O) groups is 5. The number of phenolic OH excluding ortho intramolecular Hbond substituents is 1. The Bertz CT molecular complexity index is 2640. The molecule has 0 aliphatic carbocycles. The number of aromatic hydroxyl groups is 1. The molecule has 0 saturated carbocycles. The second-order valence-corrected chi connectivity index (χ2v) is 15.2. The van der Waals surface area contributed by atoms with Crippen molar-refractivity contribution < 1.29 is 42.9 Å². The molecule has 2 saturated heterocycles. The average molecular weight is 865 g/mol. The summed E-state index contributed by atoms with van der Waals surface area (Å²) < 4.78 is 28.3. The summed E-state index contributed by atoms with van der Waals surface area (Å²) in [6, 6.07) is 15.8. The van der Waals surface area contributed by atoms with Crippen LogP contribution in [0, 0.1) is 5.82 Å². The molecule has 8 rings (SSSR count). The van der Waals surface area contributed by atoms with Gasteiger partial charge in [0.25, 0.3) is 11.8 Å². The Labute approximate surface area is 359 Å². The number of nitrogens with zero attached hydrogens (tertiary/aromatic N) is 5. The third kappa shape index (κ3) is 8.46. The molecule has 2 fully saturated rings. The first-order chi connectivity index (χ1) is 30.0. The van der Waals surface area contributed by atoms with Gasteiger partial charge in [0.15, 0.2) is 5.82 Å². The average Bonchev–Trinajstić information content (AvgIpc) is 3.51. The second-order valence-electron chi connectivity index (χ2n) is 14.8. The van der Waals surface area contributed by atoms with Gasteiger partial charge in [0.1, 0.15) is 23.1 Å². The minimum Gasteiger partial charge on any atom is -0.508 e. The summed E-state index contributed by atoms with van der Waals surface area (Å²) in [5.41, 5.74) is 1.52. The number of rotatable bonds is 15. The number of anilines is 3. The molecule has 5 aromatic rings. The fraction of sp³-hybridized carbons (Fsp3) is 0.295. The number of piperazine rings is 1. The number of fused-ring (bicyclic) bond motifs is 3. The van der Waals surface area contributed by atoms with Crippen molar-refractivity contribution in [2.45, 2.75) is 18.9 Å². The largest absolute Gasteiger partial charge is 0.508 e. The lowest BCUT2D eigenvalue weighted by Crippen LogP contribution is -2.54. The van der Waals surface area contributed by atoms with Gasteiger partial charge in [-0.2, -0.15) is 4.98 Å². The van der Waals surface area contributed by atoms with Crippen LogP contribution in [0.2, 0.25) is 5.02 Å². The predicted octanol–water partition coefficient (Wildman–Crippen LogP) is 4.74. The van der Waals surface area contributed by atoms with Gasteiger partial charge in [-0.1, -0.05) is 42.4 Å². The van der Waals surface area contributed by atoms with Crippen LogP contribution < -0.4 is 20.9 Å². The number of amides is 5. The van der Waals surface area contributed by atoms with Crippen molar-refractivity contribution in [3.05, 3.63) is 95.3 Å².